The summed E-state index contributed by atoms with van der Waals surface area (Å²) in [6.45, 7) is 9.23. The third-order valence-corrected chi connectivity index (χ3v) is 4.64. The molecule has 26 heavy (non-hydrogen) atoms. The highest BCUT2D eigenvalue weighted by Crippen LogP contribution is 2.25. The summed E-state index contributed by atoms with van der Waals surface area (Å²) in [5, 5.41) is 14.1. The normalized spacial score (nSPS) is 10.8. The Balaban J connectivity index is 1.99. The number of hydrogen-bond acceptors (Lipinski definition) is 5. The van der Waals surface area contributed by atoms with Crippen LogP contribution in [0.2, 0.25) is 0 Å². The Morgan fingerprint density at radius 2 is 1.96 bits per heavy atom. The van der Waals surface area contributed by atoms with Gasteiger partial charge in [-0.25, -0.2) is 4.79 Å². The Morgan fingerprint density at radius 3 is 2.62 bits per heavy atom. The first-order chi connectivity index (χ1) is 12.4. The van der Waals surface area contributed by atoms with E-state index in [0.29, 0.717) is 24.2 Å². The molecule has 2 rings (SSSR count). The standard InChI is InChI=1S/C18H25N5O2S/c1-5-23-16(14-9-7-6-8-13(14)4)21-22-18(23)26-11-15(24)20-17(25)19-10-12(2)3/h6-9,12H,5,10-11H2,1-4H3,(H2,19,20,24,25). The fourth-order valence-corrected chi connectivity index (χ4v) is 3.14. The van der Waals surface area contributed by atoms with Crippen LogP contribution in [-0.4, -0.2) is 39.0 Å². The molecule has 0 saturated heterocycles. The molecule has 3 amide bonds. The number of thioether (sulfide) groups is 1. The molecule has 1 aromatic carbocycles. The lowest BCUT2D eigenvalue weighted by Gasteiger charge is -2.10. The predicted molar refractivity (Wildman–Crippen MR) is 103 cm³/mol. The Morgan fingerprint density at radius 1 is 1.23 bits per heavy atom. The Kier molecular flexibility index (Phi) is 7.20. The molecule has 7 nitrogen and oxygen atoms in total. The summed E-state index contributed by atoms with van der Waals surface area (Å²) in [7, 11) is 0. The number of aryl methyl sites for hydroxylation is 1. The second-order valence-corrected chi connectivity index (χ2v) is 7.25. The first-order valence-electron chi connectivity index (χ1n) is 8.62. The molecule has 8 heteroatoms. The number of imide groups is 1. The highest BCUT2D eigenvalue weighted by Gasteiger charge is 2.16. The molecule has 0 atom stereocenters. The van der Waals surface area contributed by atoms with Crippen LogP contribution in [0.15, 0.2) is 29.4 Å². The van der Waals surface area contributed by atoms with Gasteiger partial charge >= 0.3 is 6.03 Å². The second kappa shape index (κ2) is 9.38. The Hall–Kier alpha value is -2.35. The van der Waals surface area contributed by atoms with Gasteiger partial charge in [0.2, 0.25) is 5.91 Å². The highest BCUT2D eigenvalue weighted by molar-refractivity contribution is 7.99. The van der Waals surface area contributed by atoms with Crippen molar-refractivity contribution in [1.82, 2.24) is 25.4 Å². The van der Waals surface area contributed by atoms with Crippen molar-refractivity contribution in [2.45, 2.75) is 39.4 Å². The third kappa shape index (κ3) is 5.32. The van der Waals surface area contributed by atoms with E-state index in [1.54, 1.807) is 0 Å². The van der Waals surface area contributed by atoms with Crippen LogP contribution in [0.1, 0.15) is 26.3 Å². The van der Waals surface area contributed by atoms with E-state index in [4.69, 9.17) is 0 Å². The SMILES string of the molecule is CCn1c(SCC(=O)NC(=O)NCC(C)C)nnc1-c1ccccc1C. The zero-order valence-electron chi connectivity index (χ0n) is 15.6. The number of carbonyl (C=O) groups excluding carboxylic acids is 2. The number of nitrogens with one attached hydrogen (secondary N) is 2. The van der Waals surface area contributed by atoms with Gasteiger partial charge in [0.1, 0.15) is 0 Å². The van der Waals surface area contributed by atoms with Crippen molar-refractivity contribution in [3.8, 4) is 11.4 Å². The van der Waals surface area contributed by atoms with Crippen LogP contribution in [0.4, 0.5) is 4.79 Å². The molecule has 0 aliphatic heterocycles. The minimum Gasteiger partial charge on any atom is -0.338 e. The van der Waals surface area contributed by atoms with Crippen molar-refractivity contribution in [3.63, 3.8) is 0 Å². The van der Waals surface area contributed by atoms with E-state index in [9.17, 15) is 9.59 Å². The van der Waals surface area contributed by atoms with Crippen LogP contribution in [0, 0.1) is 12.8 Å². The van der Waals surface area contributed by atoms with Crippen molar-refractivity contribution < 1.29 is 9.59 Å². The topological polar surface area (TPSA) is 88.9 Å². The minimum absolute atomic E-state index is 0.0982. The summed E-state index contributed by atoms with van der Waals surface area (Å²) in [5.41, 5.74) is 2.14. The molecule has 140 valence electrons. The molecule has 1 heterocycles. The maximum atomic E-state index is 12.0. The van der Waals surface area contributed by atoms with Gasteiger partial charge < -0.3 is 9.88 Å². The monoisotopic (exact) mass is 375 g/mol. The highest BCUT2D eigenvalue weighted by atomic mass is 32.2. The molecule has 2 aromatic rings. The lowest BCUT2D eigenvalue weighted by Crippen LogP contribution is -2.41. The second-order valence-electron chi connectivity index (χ2n) is 6.31. The van der Waals surface area contributed by atoms with Crippen LogP contribution in [-0.2, 0) is 11.3 Å². The molecule has 0 aliphatic rings. The van der Waals surface area contributed by atoms with E-state index in [-0.39, 0.29) is 11.7 Å². The van der Waals surface area contributed by atoms with E-state index in [0.717, 1.165) is 17.0 Å². The molecule has 0 bridgehead atoms. The zero-order chi connectivity index (χ0) is 19.1. The van der Waals surface area contributed by atoms with Gasteiger partial charge in [-0.3, -0.25) is 10.1 Å². The van der Waals surface area contributed by atoms with Gasteiger partial charge in [-0.2, -0.15) is 0 Å². The molecule has 0 saturated carbocycles. The predicted octanol–water partition coefficient (Wildman–Crippen LogP) is 2.85. The first-order valence-corrected chi connectivity index (χ1v) is 9.60. The molecular weight excluding hydrogens is 350 g/mol. The number of nitrogens with zero attached hydrogens (tertiary/aromatic N) is 3. The van der Waals surface area contributed by atoms with Crippen molar-refractivity contribution in [2.24, 2.45) is 5.92 Å². The Labute approximate surface area is 158 Å². The number of carbonyl (C=O) groups is 2. The van der Waals surface area contributed by atoms with Crippen molar-refractivity contribution in [2.75, 3.05) is 12.3 Å². The van der Waals surface area contributed by atoms with Crippen molar-refractivity contribution in [1.29, 1.82) is 0 Å². The fourth-order valence-electron chi connectivity index (χ4n) is 2.34. The van der Waals surface area contributed by atoms with Crippen LogP contribution in [0.3, 0.4) is 0 Å². The zero-order valence-corrected chi connectivity index (χ0v) is 16.4. The number of aromatic nitrogens is 3. The first kappa shape index (κ1) is 20.0. The van der Waals surface area contributed by atoms with Gasteiger partial charge in [0.25, 0.3) is 0 Å². The number of benzene rings is 1. The maximum Gasteiger partial charge on any atom is 0.321 e. The number of rotatable bonds is 7. The molecule has 0 radical (unpaired) electrons. The molecule has 2 N–H and O–H groups in total. The number of amides is 3. The largest absolute Gasteiger partial charge is 0.338 e. The van der Waals surface area contributed by atoms with E-state index in [1.807, 2.05) is 56.5 Å². The summed E-state index contributed by atoms with van der Waals surface area (Å²) in [4.78, 5) is 23.6. The van der Waals surface area contributed by atoms with Crippen LogP contribution in [0.25, 0.3) is 11.4 Å². The summed E-state index contributed by atoms with van der Waals surface area (Å²) in [5.74, 6) is 0.844. The van der Waals surface area contributed by atoms with Crippen molar-refractivity contribution in [3.05, 3.63) is 29.8 Å². The van der Waals surface area contributed by atoms with E-state index in [2.05, 4.69) is 20.8 Å². The van der Waals surface area contributed by atoms with Gasteiger partial charge in [0, 0.05) is 18.7 Å². The van der Waals surface area contributed by atoms with E-state index >= 15 is 0 Å². The van der Waals surface area contributed by atoms with Crippen LogP contribution < -0.4 is 10.6 Å². The maximum absolute atomic E-state index is 12.0. The average Bonchev–Trinajstić information content (AvgIpc) is 3.01. The summed E-state index contributed by atoms with van der Waals surface area (Å²) in [6.07, 6.45) is 0. The number of urea groups is 1. The molecule has 0 spiro atoms. The van der Waals surface area contributed by atoms with Gasteiger partial charge in [0.05, 0.1) is 5.75 Å². The fraction of sp³-hybridized carbons (Fsp3) is 0.444. The van der Waals surface area contributed by atoms with E-state index in [1.165, 1.54) is 11.8 Å². The lowest BCUT2D eigenvalue weighted by atomic mass is 10.1. The molecule has 0 unspecified atom stereocenters. The van der Waals surface area contributed by atoms with E-state index < -0.39 is 6.03 Å². The lowest BCUT2D eigenvalue weighted by molar-refractivity contribution is -0.117. The van der Waals surface area contributed by atoms with Crippen molar-refractivity contribution >= 4 is 23.7 Å². The summed E-state index contributed by atoms with van der Waals surface area (Å²) in [6, 6.07) is 7.51. The van der Waals surface area contributed by atoms with Gasteiger partial charge in [-0.05, 0) is 25.3 Å². The van der Waals surface area contributed by atoms with Gasteiger partial charge in [-0.1, -0.05) is 49.9 Å². The molecule has 0 aliphatic carbocycles. The smallest absolute Gasteiger partial charge is 0.321 e. The van der Waals surface area contributed by atoms with Crippen LogP contribution >= 0.6 is 11.8 Å². The minimum atomic E-state index is -0.471. The van der Waals surface area contributed by atoms with Gasteiger partial charge in [-0.15, -0.1) is 10.2 Å². The van der Waals surface area contributed by atoms with Gasteiger partial charge in [0.15, 0.2) is 11.0 Å². The molecule has 0 fully saturated rings. The van der Waals surface area contributed by atoms with Crippen LogP contribution in [0.5, 0.6) is 0 Å². The Bertz CT molecular complexity index is 773. The number of hydrogen-bond donors (Lipinski definition) is 2. The quantitative estimate of drug-likeness (QED) is 0.727. The summed E-state index contributed by atoms with van der Waals surface area (Å²) >= 11 is 1.26. The average molecular weight is 375 g/mol. The molecule has 1 aromatic heterocycles. The third-order valence-electron chi connectivity index (χ3n) is 3.68. The molecular formula is C18H25N5O2S. The summed E-state index contributed by atoms with van der Waals surface area (Å²) < 4.78 is 1.97.